The van der Waals surface area contributed by atoms with Crippen molar-refractivity contribution >= 4 is 21.6 Å². The highest BCUT2D eigenvalue weighted by atomic mass is 32.2. The average Bonchev–Trinajstić information content (AvgIpc) is 3.08. The number of ether oxygens (including phenoxy) is 2. The van der Waals surface area contributed by atoms with E-state index in [9.17, 15) is 13.2 Å². The number of piperidine rings is 1. The molecule has 0 radical (unpaired) electrons. The molecule has 0 spiro atoms. The standard InChI is InChI=1S/C27H37N3O5S/c1-34-26-20-23-12-17-30(16-11-22(23)19-25(26)28-36(2,32)33)27(31)21-7-9-24(10-8-21)35-18-6-15-29-13-4-3-5-14-29/h7-10,19-20,28H,3-6,11-18H2,1-2H3. The molecule has 2 aromatic rings. The average molecular weight is 516 g/mol. The first-order valence-electron chi connectivity index (χ1n) is 12.7. The van der Waals surface area contributed by atoms with Crippen molar-refractivity contribution < 1.29 is 22.7 Å². The van der Waals surface area contributed by atoms with E-state index < -0.39 is 10.0 Å². The first kappa shape index (κ1) is 26.3. The molecule has 0 aromatic heterocycles. The second-order valence-corrected chi connectivity index (χ2v) is 11.4. The van der Waals surface area contributed by atoms with E-state index in [1.54, 1.807) is 0 Å². The summed E-state index contributed by atoms with van der Waals surface area (Å²) in [5.41, 5.74) is 3.14. The summed E-state index contributed by atoms with van der Waals surface area (Å²) >= 11 is 0. The third-order valence-electron chi connectivity index (χ3n) is 6.84. The molecule has 9 heteroatoms. The number of hydrogen-bond donors (Lipinski definition) is 1. The molecule has 0 aliphatic carbocycles. The van der Waals surface area contributed by atoms with Crippen LogP contribution in [0.4, 0.5) is 5.69 Å². The number of carbonyl (C=O) groups is 1. The molecule has 1 saturated heterocycles. The number of rotatable bonds is 9. The van der Waals surface area contributed by atoms with E-state index in [-0.39, 0.29) is 5.91 Å². The van der Waals surface area contributed by atoms with Crippen LogP contribution in [0.2, 0.25) is 0 Å². The number of likely N-dealkylation sites (tertiary alicyclic amines) is 1. The van der Waals surface area contributed by atoms with Crippen LogP contribution >= 0.6 is 0 Å². The molecule has 196 valence electrons. The SMILES string of the molecule is COc1cc2c(cc1NS(C)(=O)=O)CCN(C(=O)c1ccc(OCCCN3CCCCC3)cc1)CC2. The summed E-state index contributed by atoms with van der Waals surface area (Å²) in [5.74, 6) is 1.25. The maximum absolute atomic E-state index is 13.2. The molecule has 0 saturated carbocycles. The highest BCUT2D eigenvalue weighted by Crippen LogP contribution is 2.31. The Bertz CT molecular complexity index is 1140. The summed E-state index contributed by atoms with van der Waals surface area (Å²) in [4.78, 5) is 17.6. The Kier molecular flexibility index (Phi) is 8.74. The van der Waals surface area contributed by atoms with Gasteiger partial charge in [0.25, 0.3) is 5.91 Å². The lowest BCUT2D eigenvalue weighted by Crippen LogP contribution is -2.33. The number of carbonyl (C=O) groups excluding carboxylic acids is 1. The van der Waals surface area contributed by atoms with Gasteiger partial charge in [0.1, 0.15) is 11.5 Å². The van der Waals surface area contributed by atoms with Crippen LogP contribution in [0.25, 0.3) is 0 Å². The highest BCUT2D eigenvalue weighted by Gasteiger charge is 2.22. The van der Waals surface area contributed by atoms with Crippen LogP contribution in [-0.4, -0.2) is 76.8 Å². The van der Waals surface area contributed by atoms with Gasteiger partial charge in [-0.05, 0) is 92.7 Å². The molecule has 4 rings (SSSR count). The number of amides is 1. The van der Waals surface area contributed by atoms with Crippen molar-refractivity contribution in [2.24, 2.45) is 0 Å². The molecule has 2 aliphatic heterocycles. The van der Waals surface area contributed by atoms with Crippen molar-refractivity contribution in [3.8, 4) is 11.5 Å². The van der Waals surface area contributed by atoms with Crippen molar-refractivity contribution in [3.63, 3.8) is 0 Å². The number of nitrogens with zero attached hydrogens (tertiary/aromatic N) is 2. The van der Waals surface area contributed by atoms with Crippen molar-refractivity contribution in [3.05, 3.63) is 53.1 Å². The zero-order valence-corrected chi connectivity index (χ0v) is 22.1. The summed E-state index contributed by atoms with van der Waals surface area (Å²) < 4.78 is 37.3. The van der Waals surface area contributed by atoms with Gasteiger partial charge in [-0.3, -0.25) is 9.52 Å². The fraction of sp³-hybridized carbons (Fsp3) is 0.519. The monoisotopic (exact) mass is 515 g/mol. The summed E-state index contributed by atoms with van der Waals surface area (Å²) in [6.07, 6.45) is 7.38. The maximum Gasteiger partial charge on any atom is 0.253 e. The number of fused-ring (bicyclic) bond motifs is 1. The van der Waals surface area contributed by atoms with Crippen LogP contribution in [0.5, 0.6) is 11.5 Å². The van der Waals surface area contributed by atoms with Crippen molar-refractivity contribution in [1.29, 1.82) is 0 Å². The molecule has 1 amide bonds. The van der Waals surface area contributed by atoms with Crippen molar-refractivity contribution in [1.82, 2.24) is 9.80 Å². The van der Waals surface area contributed by atoms with Crippen molar-refractivity contribution in [2.45, 2.75) is 38.5 Å². The molecule has 2 aromatic carbocycles. The molecule has 0 atom stereocenters. The van der Waals surface area contributed by atoms with Gasteiger partial charge in [0.15, 0.2) is 0 Å². The second-order valence-electron chi connectivity index (χ2n) is 9.62. The van der Waals surface area contributed by atoms with Crippen LogP contribution in [0.15, 0.2) is 36.4 Å². The van der Waals surface area contributed by atoms with Crippen LogP contribution in [0.3, 0.4) is 0 Å². The van der Waals surface area contributed by atoms with E-state index in [2.05, 4.69) is 9.62 Å². The topological polar surface area (TPSA) is 88.2 Å². The van der Waals surface area contributed by atoms with Gasteiger partial charge in [0, 0.05) is 25.2 Å². The number of nitrogens with one attached hydrogen (secondary N) is 1. The van der Waals surface area contributed by atoms with Gasteiger partial charge in [-0.15, -0.1) is 0 Å². The molecule has 2 aliphatic rings. The Hall–Kier alpha value is -2.78. The maximum atomic E-state index is 13.2. The molecule has 1 fully saturated rings. The van der Waals surface area contributed by atoms with E-state index in [1.165, 1.54) is 39.5 Å². The fourth-order valence-electron chi connectivity index (χ4n) is 4.94. The Balaban J connectivity index is 1.32. The second kappa shape index (κ2) is 12.0. The van der Waals surface area contributed by atoms with Gasteiger partial charge in [-0.2, -0.15) is 0 Å². The molecule has 8 nitrogen and oxygen atoms in total. The molecular formula is C27H37N3O5S. The Morgan fingerprint density at radius 3 is 2.28 bits per heavy atom. The molecule has 2 heterocycles. The quantitative estimate of drug-likeness (QED) is 0.514. The minimum absolute atomic E-state index is 0.0131. The summed E-state index contributed by atoms with van der Waals surface area (Å²) in [6, 6.07) is 11.1. The zero-order chi connectivity index (χ0) is 25.5. The van der Waals surface area contributed by atoms with Crippen LogP contribution in [0.1, 0.15) is 47.2 Å². The lowest BCUT2D eigenvalue weighted by Gasteiger charge is -2.26. The van der Waals surface area contributed by atoms with E-state index >= 15 is 0 Å². The minimum atomic E-state index is -3.43. The van der Waals surface area contributed by atoms with Crippen LogP contribution < -0.4 is 14.2 Å². The summed E-state index contributed by atoms with van der Waals surface area (Å²) in [5, 5.41) is 0. The Labute approximate surface area is 214 Å². The minimum Gasteiger partial charge on any atom is -0.495 e. The van der Waals surface area contributed by atoms with E-state index in [4.69, 9.17) is 9.47 Å². The first-order chi connectivity index (χ1) is 17.3. The van der Waals surface area contributed by atoms with Gasteiger partial charge in [0.2, 0.25) is 10.0 Å². The fourth-order valence-corrected chi connectivity index (χ4v) is 5.50. The molecule has 1 N–H and O–H groups in total. The number of methoxy groups -OCH3 is 1. The number of anilines is 1. The molecular weight excluding hydrogens is 478 g/mol. The van der Waals surface area contributed by atoms with Crippen LogP contribution in [-0.2, 0) is 22.9 Å². The molecule has 0 unspecified atom stereocenters. The zero-order valence-electron chi connectivity index (χ0n) is 21.3. The first-order valence-corrected chi connectivity index (χ1v) is 14.6. The normalized spacial score (nSPS) is 16.7. The molecule has 36 heavy (non-hydrogen) atoms. The van der Waals surface area contributed by atoms with E-state index in [0.29, 0.717) is 49.5 Å². The predicted molar refractivity (Wildman–Crippen MR) is 142 cm³/mol. The largest absolute Gasteiger partial charge is 0.495 e. The predicted octanol–water partition coefficient (Wildman–Crippen LogP) is 3.56. The lowest BCUT2D eigenvalue weighted by atomic mass is 10.0. The van der Waals surface area contributed by atoms with Gasteiger partial charge < -0.3 is 19.3 Å². The van der Waals surface area contributed by atoms with E-state index in [1.807, 2.05) is 41.3 Å². The van der Waals surface area contributed by atoms with E-state index in [0.717, 1.165) is 36.1 Å². The smallest absolute Gasteiger partial charge is 0.253 e. The van der Waals surface area contributed by atoms with Gasteiger partial charge in [-0.1, -0.05) is 6.42 Å². The Morgan fingerprint density at radius 1 is 0.972 bits per heavy atom. The number of sulfonamides is 1. The number of hydrogen-bond acceptors (Lipinski definition) is 6. The van der Waals surface area contributed by atoms with Crippen molar-refractivity contribution in [2.75, 3.05) is 57.4 Å². The third-order valence-corrected chi connectivity index (χ3v) is 7.43. The lowest BCUT2D eigenvalue weighted by molar-refractivity contribution is 0.0763. The van der Waals surface area contributed by atoms with Gasteiger partial charge >= 0.3 is 0 Å². The Morgan fingerprint density at radius 2 is 1.64 bits per heavy atom. The summed E-state index contributed by atoms with van der Waals surface area (Å²) in [6.45, 7) is 5.29. The van der Waals surface area contributed by atoms with Gasteiger partial charge in [0.05, 0.1) is 25.7 Å². The van der Waals surface area contributed by atoms with Crippen LogP contribution in [0, 0.1) is 0 Å². The third kappa shape index (κ3) is 7.13. The molecule has 0 bridgehead atoms. The summed E-state index contributed by atoms with van der Waals surface area (Å²) in [7, 11) is -1.91. The van der Waals surface area contributed by atoms with Gasteiger partial charge in [-0.25, -0.2) is 8.42 Å². The number of benzene rings is 2. The highest BCUT2D eigenvalue weighted by molar-refractivity contribution is 7.92.